The van der Waals surface area contributed by atoms with Crippen molar-refractivity contribution in [2.45, 2.75) is 6.92 Å². The summed E-state index contributed by atoms with van der Waals surface area (Å²) in [4.78, 5) is 21.2. The van der Waals surface area contributed by atoms with Crippen LogP contribution in [0.1, 0.15) is 21.5 Å². The lowest BCUT2D eigenvalue weighted by Crippen LogP contribution is -2.05. The minimum absolute atomic E-state index is 0.0991. The molecule has 18 heavy (non-hydrogen) atoms. The Bertz CT molecular complexity index is 520. The molecule has 6 nitrogen and oxygen atoms in total. The first-order valence-electron chi connectivity index (χ1n) is 5.13. The van der Waals surface area contributed by atoms with E-state index < -0.39 is 10.9 Å². The average Bonchev–Trinajstić information content (AvgIpc) is 2.30. The molecule has 2 N–H and O–H groups in total. The molecule has 0 amide bonds. The van der Waals surface area contributed by atoms with Crippen molar-refractivity contribution in [2.75, 3.05) is 13.6 Å². The summed E-state index contributed by atoms with van der Waals surface area (Å²) in [6.45, 7) is 1.83. The van der Waals surface area contributed by atoms with E-state index in [1.54, 1.807) is 7.05 Å². The van der Waals surface area contributed by atoms with Gasteiger partial charge in [-0.3, -0.25) is 10.1 Å². The van der Waals surface area contributed by atoms with Crippen LogP contribution >= 0.6 is 0 Å². The lowest BCUT2D eigenvalue weighted by molar-refractivity contribution is -0.385. The Morgan fingerprint density at radius 1 is 1.56 bits per heavy atom. The van der Waals surface area contributed by atoms with Gasteiger partial charge in [0.2, 0.25) is 0 Å². The second kappa shape index (κ2) is 5.80. The van der Waals surface area contributed by atoms with Gasteiger partial charge >= 0.3 is 5.97 Å². The maximum atomic E-state index is 11.0. The van der Waals surface area contributed by atoms with Crippen molar-refractivity contribution < 1.29 is 14.8 Å². The number of hydrogen-bond acceptors (Lipinski definition) is 4. The van der Waals surface area contributed by atoms with Crippen LogP contribution in [-0.2, 0) is 0 Å². The van der Waals surface area contributed by atoms with Crippen LogP contribution in [0.25, 0.3) is 0 Å². The molecule has 0 fully saturated rings. The van der Waals surface area contributed by atoms with Gasteiger partial charge in [-0.1, -0.05) is 11.8 Å². The van der Waals surface area contributed by atoms with Gasteiger partial charge in [0.05, 0.1) is 17.0 Å². The van der Waals surface area contributed by atoms with E-state index in [2.05, 4.69) is 17.2 Å². The van der Waals surface area contributed by atoms with Crippen molar-refractivity contribution in [2.24, 2.45) is 0 Å². The fourth-order valence-electron chi connectivity index (χ4n) is 1.42. The zero-order valence-electron chi connectivity index (χ0n) is 9.98. The van der Waals surface area contributed by atoms with Crippen molar-refractivity contribution in [1.29, 1.82) is 0 Å². The van der Waals surface area contributed by atoms with Crippen molar-refractivity contribution >= 4 is 11.7 Å². The number of carboxylic acid groups (broad SMARTS) is 1. The molecule has 0 saturated carbocycles. The first-order chi connectivity index (χ1) is 8.47. The third-order valence-corrected chi connectivity index (χ3v) is 2.31. The van der Waals surface area contributed by atoms with E-state index in [4.69, 9.17) is 5.11 Å². The number of carboxylic acids is 1. The van der Waals surface area contributed by atoms with Crippen LogP contribution < -0.4 is 5.32 Å². The highest BCUT2D eigenvalue weighted by Gasteiger charge is 2.19. The SMILES string of the molecule is CNCC#Cc1cc(C(=O)O)c(C)c([N+](=O)[O-])c1. The van der Waals surface area contributed by atoms with Gasteiger partial charge in [0.25, 0.3) is 5.69 Å². The molecule has 0 aromatic heterocycles. The Labute approximate surface area is 104 Å². The highest BCUT2D eigenvalue weighted by Crippen LogP contribution is 2.23. The average molecular weight is 248 g/mol. The maximum Gasteiger partial charge on any atom is 0.336 e. The summed E-state index contributed by atoms with van der Waals surface area (Å²) < 4.78 is 0. The van der Waals surface area contributed by atoms with Crippen molar-refractivity contribution in [3.05, 3.63) is 38.9 Å². The highest BCUT2D eigenvalue weighted by atomic mass is 16.6. The van der Waals surface area contributed by atoms with Crippen LogP contribution in [-0.4, -0.2) is 29.6 Å². The second-order valence-corrected chi connectivity index (χ2v) is 3.56. The van der Waals surface area contributed by atoms with Crippen LogP contribution in [0.3, 0.4) is 0 Å². The summed E-state index contributed by atoms with van der Waals surface area (Å²) in [6.07, 6.45) is 0. The number of nitro benzene ring substituents is 1. The van der Waals surface area contributed by atoms with Gasteiger partial charge in [-0.2, -0.15) is 0 Å². The zero-order valence-corrected chi connectivity index (χ0v) is 9.98. The molecule has 0 aliphatic rings. The first-order valence-corrected chi connectivity index (χ1v) is 5.13. The van der Waals surface area contributed by atoms with Crippen molar-refractivity contribution in [3.63, 3.8) is 0 Å². The van der Waals surface area contributed by atoms with Crippen LogP contribution in [0.2, 0.25) is 0 Å². The molecule has 0 aliphatic carbocycles. The standard InChI is InChI=1S/C12H12N2O4/c1-8-10(12(15)16)6-9(4-3-5-13-2)7-11(8)14(17)18/h6-7,13H,5H2,1-2H3,(H,15,16). The minimum Gasteiger partial charge on any atom is -0.478 e. The fourth-order valence-corrected chi connectivity index (χ4v) is 1.42. The Hall–Kier alpha value is -2.39. The fraction of sp³-hybridized carbons (Fsp3) is 0.250. The van der Waals surface area contributed by atoms with Gasteiger partial charge in [-0.05, 0) is 20.0 Å². The number of aromatic carboxylic acids is 1. The Morgan fingerprint density at radius 3 is 2.72 bits per heavy atom. The van der Waals surface area contributed by atoms with E-state index in [1.165, 1.54) is 19.1 Å². The molecule has 0 radical (unpaired) electrons. The lowest BCUT2D eigenvalue weighted by atomic mass is 10.0. The molecule has 0 spiro atoms. The molecule has 6 heteroatoms. The summed E-state index contributed by atoms with van der Waals surface area (Å²) in [7, 11) is 1.72. The van der Waals surface area contributed by atoms with Gasteiger partial charge < -0.3 is 10.4 Å². The number of carbonyl (C=O) groups is 1. The van der Waals surface area contributed by atoms with Crippen LogP contribution in [0.4, 0.5) is 5.69 Å². The highest BCUT2D eigenvalue weighted by molar-refractivity contribution is 5.91. The van der Waals surface area contributed by atoms with E-state index in [9.17, 15) is 14.9 Å². The molecule has 0 atom stereocenters. The van der Waals surface area contributed by atoms with Crippen molar-refractivity contribution in [3.8, 4) is 11.8 Å². The minimum atomic E-state index is -1.20. The molecule has 0 aliphatic heterocycles. The zero-order chi connectivity index (χ0) is 13.7. The largest absolute Gasteiger partial charge is 0.478 e. The molecule has 94 valence electrons. The van der Waals surface area contributed by atoms with Crippen LogP contribution in [0.15, 0.2) is 12.1 Å². The number of nitrogens with zero attached hydrogens (tertiary/aromatic N) is 1. The van der Waals surface area contributed by atoms with E-state index in [1.807, 2.05) is 0 Å². The summed E-state index contributed by atoms with van der Waals surface area (Å²) >= 11 is 0. The maximum absolute atomic E-state index is 11.0. The summed E-state index contributed by atoms with van der Waals surface area (Å²) in [6, 6.07) is 2.62. The quantitative estimate of drug-likeness (QED) is 0.476. The number of nitrogens with one attached hydrogen (secondary N) is 1. The summed E-state index contributed by atoms with van der Waals surface area (Å²) in [5.41, 5.74) is 0.119. The number of hydrogen-bond donors (Lipinski definition) is 2. The molecule has 1 aromatic rings. The Morgan fingerprint density at radius 2 is 2.22 bits per heavy atom. The molecular weight excluding hydrogens is 236 g/mol. The number of nitro groups is 1. The third-order valence-electron chi connectivity index (χ3n) is 2.31. The molecule has 1 aromatic carbocycles. The van der Waals surface area contributed by atoms with Crippen LogP contribution in [0, 0.1) is 28.9 Å². The Kier molecular flexibility index (Phi) is 4.40. The van der Waals surface area contributed by atoms with Gasteiger partial charge in [0, 0.05) is 17.2 Å². The van der Waals surface area contributed by atoms with Crippen LogP contribution in [0.5, 0.6) is 0 Å². The predicted octanol–water partition coefficient (Wildman–Crippen LogP) is 1.17. The third kappa shape index (κ3) is 3.06. The Balaban J connectivity index is 3.35. The van der Waals surface area contributed by atoms with Gasteiger partial charge in [-0.15, -0.1) is 0 Å². The number of benzene rings is 1. The predicted molar refractivity (Wildman–Crippen MR) is 65.6 cm³/mol. The topological polar surface area (TPSA) is 92.5 Å². The first kappa shape index (κ1) is 13.7. The normalized spacial score (nSPS) is 9.44. The summed E-state index contributed by atoms with van der Waals surface area (Å²) in [5, 5.41) is 22.6. The monoisotopic (exact) mass is 248 g/mol. The molecular formula is C12H12N2O4. The molecule has 0 saturated heterocycles. The van der Waals surface area contributed by atoms with E-state index in [-0.39, 0.29) is 16.8 Å². The smallest absolute Gasteiger partial charge is 0.336 e. The van der Waals surface area contributed by atoms with E-state index in [0.29, 0.717) is 12.1 Å². The van der Waals surface area contributed by atoms with Gasteiger partial charge in [0.15, 0.2) is 0 Å². The second-order valence-electron chi connectivity index (χ2n) is 3.56. The lowest BCUT2D eigenvalue weighted by Gasteiger charge is -2.03. The number of rotatable bonds is 3. The molecule has 0 heterocycles. The molecule has 0 bridgehead atoms. The van der Waals surface area contributed by atoms with E-state index in [0.717, 1.165) is 0 Å². The van der Waals surface area contributed by atoms with Gasteiger partial charge in [-0.25, -0.2) is 4.79 Å². The van der Waals surface area contributed by atoms with E-state index >= 15 is 0 Å². The van der Waals surface area contributed by atoms with Gasteiger partial charge in [0.1, 0.15) is 0 Å². The summed E-state index contributed by atoms with van der Waals surface area (Å²) in [5.74, 6) is 4.21. The molecule has 0 unspecified atom stereocenters. The van der Waals surface area contributed by atoms with Crippen molar-refractivity contribution in [1.82, 2.24) is 5.32 Å². The molecule has 1 rings (SSSR count).